The number of benzene rings is 2. The lowest BCUT2D eigenvalue weighted by Crippen LogP contribution is -2.38. The third-order valence-electron chi connectivity index (χ3n) is 3.53. The van der Waals surface area contributed by atoms with Crippen LogP contribution in [0.4, 0.5) is 0 Å². The maximum Gasteiger partial charge on any atom is 0.239 e. The summed E-state index contributed by atoms with van der Waals surface area (Å²) in [5.74, 6) is -0.357. The Hall–Kier alpha value is -2.33. The van der Waals surface area contributed by atoms with Gasteiger partial charge in [0, 0.05) is 11.6 Å². The second-order valence-corrected chi connectivity index (χ2v) is 5.96. The van der Waals surface area contributed by atoms with Crippen LogP contribution in [0.2, 0.25) is 5.02 Å². The molecule has 0 aliphatic carbocycles. The van der Waals surface area contributed by atoms with Gasteiger partial charge in [-0.25, -0.2) is 0 Å². The molecule has 0 aliphatic heterocycles. The Kier molecular flexibility index (Phi) is 7.30. The van der Waals surface area contributed by atoms with Gasteiger partial charge in [-0.05, 0) is 36.1 Å². The average molecular weight is 345 g/mol. The van der Waals surface area contributed by atoms with E-state index in [9.17, 15) is 9.59 Å². The van der Waals surface area contributed by atoms with Crippen LogP contribution >= 0.6 is 11.6 Å². The van der Waals surface area contributed by atoms with Crippen molar-refractivity contribution in [3.8, 4) is 0 Å². The lowest BCUT2D eigenvalue weighted by atomic mass is 10.1. The van der Waals surface area contributed by atoms with Gasteiger partial charge in [0.1, 0.15) is 0 Å². The highest BCUT2D eigenvalue weighted by atomic mass is 35.5. The third-order valence-corrected chi connectivity index (χ3v) is 3.78. The molecular formula is C19H21ClN2O2. The van der Waals surface area contributed by atoms with Crippen molar-refractivity contribution in [2.24, 2.45) is 0 Å². The molecule has 0 aromatic heterocycles. The molecule has 0 radical (unpaired) electrons. The Balaban J connectivity index is 1.58. The molecule has 2 amide bonds. The summed E-state index contributed by atoms with van der Waals surface area (Å²) in [5.41, 5.74) is 2.11. The number of rotatable bonds is 8. The van der Waals surface area contributed by atoms with Crippen LogP contribution in [0.25, 0.3) is 0 Å². The number of hydrogen-bond acceptors (Lipinski definition) is 2. The highest BCUT2D eigenvalue weighted by Crippen LogP contribution is 2.09. The molecule has 126 valence electrons. The number of carbonyl (C=O) groups is 2. The van der Waals surface area contributed by atoms with Crippen molar-refractivity contribution in [2.45, 2.75) is 19.3 Å². The second-order valence-electron chi connectivity index (χ2n) is 5.52. The van der Waals surface area contributed by atoms with Crippen LogP contribution in [0.5, 0.6) is 0 Å². The number of aryl methyl sites for hydroxylation is 1. The molecule has 0 heterocycles. The molecule has 4 nitrogen and oxygen atoms in total. The first-order valence-electron chi connectivity index (χ1n) is 7.95. The molecule has 0 unspecified atom stereocenters. The van der Waals surface area contributed by atoms with Gasteiger partial charge < -0.3 is 10.6 Å². The van der Waals surface area contributed by atoms with E-state index >= 15 is 0 Å². The molecule has 2 aromatic rings. The molecule has 0 bridgehead atoms. The fourth-order valence-corrected chi connectivity index (χ4v) is 2.38. The van der Waals surface area contributed by atoms with Gasteiger partial charge in [0.25, 0.3) is 0 Å². The zero-order valence-electron chi connectivity index (χ0n) is 13.4. The van der Waals surface area contributed by atoms with Gasteiger partial charge in [-0.3, -0.25) is 9.59 Å². The van der Waals surface area contributed by atoms with Crippen molar-refractivity contribution in [3.63, 3.8) is 0 Å². The summed E-state index contributed by atoms with van der Waals surface area (Å²) in [4.78, 5) is 23.5. The standard InChI is InChI=1S/C19H21ClN2O2/c20-17-10-8-16(9-11-17)13-18(23)22-14-19(24)21-12-4-7-15-5-2-1-3-6-15/h1-3,5-6,8-11H,4,7,12-14H2,(H,21,24)(H,22,23). The van der Waals surface area contributed by atoms with Crippen molar-refractivity contribution >= 4 is 23.4 Å². The summed E-state index contributed by atoms with van der Waals surface area (Å²) in [7, 11) is 0. The number of carbonyl (C=O) groups excluding carboxylic acids is 2. The summed E-state index contributed by atoms with van der Waals surface area (Å²) >= 11 is 5.80. The van der Waals surface area contributed by atoms with Crippen LogP contribution in [0.15, 0.2) is 54.6 Å². The normalized spacial score (nSPS) is 10.2. The van der Waals surface area contributed by atoms with Gasteiger partial charge in [0.15, 0.2) is 0 Å². The van der Waals surface area contributed by atoms with E-state index in [2.05, 4.69) is 22.8 Å². The van der Waals surface area contributed by atoms with Gasteiger partial charge in [-0.2, -0.15) is 0 Å². The Morgan fingerprint density at radius 1 is 0.833 bits per heavy atom. The second kappa shape index (κ2) is 9.73. The van der Waals surface area contributed by atoms with Crippen LogP contribution in [0, 0.1) is 0 Å². The van der Waals surface area contributed by atoms with E-state index < -0.39 is 0 Å². The van der Waals surface area contributed by atoms with Crippen LogP contribution in [0.1, 0.15) is 17.5 Å². The lowest BCUT2D eigenvalue weighted by molar-refractivity contribution is -0.125. The fourth-order valence-electron chi connectivity index (χ4n) is 2.26. The van der Waals surface area contributed by atoms with Gasteiger partial charge >= 0.3 is 0 Å². The first kappa shape index (κ1) is 18.0. The molecule has 2 rings (SSSR count). The Morgan fingerprint density at radius 2 is 1.54 bits per heavy atom. The van der Waals surface area contributed by atoms with Crippen molar-refractivity contribution < 1.29 is 9.59 Å². The van der Waals surface area contributed by atoms with Crippen LogP contribution in [-0.4, -0.2) is 24.9 Å². The summed E-state index contributed by atoms with van der Waals surface area (Å²) in [6.45, 7) is 0.596. The minimum absolute atomic E-state index is 0.00222. The van der Waals surface area contributed by atoms with E-state index in [1.165, 1.54) is 5.56 Å². The van der Waals surface area contributed by atoms with E-state index in [-0.39, 0.29) is 24.8 Å². The molecule has 2 aromatic carbocycles. The van der Waals surface area contributed by atoms with E-state index in [0.717, 1.165) is 18.4 Å². The summed E-state index contributed by atoms with van der Waals surface area (Å²) in [6, 6.07) is 17.2. The number of nitrogens with one attached hydrogen (secondary N) is 2. The van der Waals surface area contributed by atoms with Crippen molar-refractivity contribution in [1.82, 2.24) is 10.6 Å². The highest BCUT2D eigenvalue weighted by Gasteiger charge is 2.06. The fraction of sp³-hybridized carbons (Fsp3) is 0.263. The molecule has 24 heavy (non-hydrogen) atoms. The van der Waals surface area contributed by atoms with E-state index in [4.69, 9.17) is 11.6 Å². The highest BCUT2D eigenvalue weighted by molar-refractivity contribution is 6.30. The van der Waals surface area contributed by atoms with Crippen LogP contribution < -0.4 is 10.6 Å². The maximum absolute atomic E-state index is 11.8. The molecule has 0 saturated carbocycles. The van der Waals surface area contributed by atoms with E-state index in [1.807, 2.05) is 18.2 Å². The Labute approximate surface area is 147 Å². The van der Waals surface area contributed by atoms with Gasteiger partial charge in [0.2, 0.25) is 11.8 Å². The van der Waals surface area contributed by atoms with E-state index in [0.29, 0.717) is 11.6 Å². The molecule has 0 aliphatic rings. The van der Waals surface area contributed by atoms with Crippen LogP contribution in [0.3, 0.4) is 0 Å². The predicted octanol–water partition coefficient (Wildman–Crippen LogP) is 2.75. The SMILES string of the molecule is O=C(CNC(=O)Cc1ccc(Cl)cc1)NCCCc1ccccc1. The minimum Gasteiger partial charge on any atom is -0.355 e. The zero-order chi connectivity index (χ0) is 17.2. The lowest BCUT2D eigenvalue weighted by Gasteiger charge is -2.07. The van der Waals surface area contributed by atoms with Crippen molar-refractivity contribution in [3.05, 3.63) is 70.7 Å². The maximum atomic E-state index is 11.8. The van der Waals surface area contributed by atoms with Gasteiger partial charge in [0.05, 0.1) is 13.0 Å². The van der Waals surface area contributed by atoms with Crippen molar-refractivity contribution in [1.29, 1.82) is 0 Å². The molecule has 0 fully saturated rings. The predicted molar refractivity (Wildman–Crippen MR) is 95.9 cm³/mol. The Bertz CT molecular complexity index is 657. The zero-order valence-corrected chi connectivity index (χ0v) is 14.2. The molecule has 0 spiro atoms. The first-order chi connectivity index (χ1) is 11.6. The largest absolute Gasteiger partial charge is 0.355 e. The molecule has 5 heteroatoms. The quantitative estimate of drug-likeness (QED) is 0.723. The monoisotopic (exact) mass is 344 g/mol. The third kappa shape index (κ3) is 6.84. The average Bonchev–Trinajstić information content (AvgIpc) is 2.60. The molecule has 0 atom stereocenters. The molecule has 2 N–H and O–H groups in total. The molecular weight excluding hydrogens is 324 g/mol. The minimum atomic E-state index is -0.184. The van der Waals surface area contributed by atoms with Crippen molar-refractivity contribution in [2.75, 3.05) is 13.1 Å². The Morgan fingerprint density at radius 3 is 2.25 bits per heavy atom. The number of hydrogen-bond donors (Lipinski definition) is 2. The number of halogens is 1. The van der Waals surface area contributed by atoms with Gasteiger partial charge in [-0.15, -0.1) is 0 Å². The number of amides is 2. The summed E-state index contributed by atoms with van der Waals surface area (Å²) < 4.78 is 0. The summed E-state index contributed by atoms with van der Waals surface area (Å²) in [5, 5.41) is 6.06. The smallest absolute Gasteiger partial charge is 0.239 e. The molecule has 0 saturated heterocycles. The topological polar surface area (TPSA) is 58.2 Å². The van der Waals surface area contributed by atoms with E-state index in [1.54, 1.807) is 24.3 Å². The summed E-state index contributed by atoms with van der Waals surface area (Å²) in [6.07, 6.45) is 2.02. The van der Waals surface area contributed by atoms with Gasteiger partial charge in [-0.1, -0.05) is 54.1 Å². The van der Waals surface area contributed by atoms with Crippen LogP contribution in [-0.2, 0) is 22.4 Å². The first-order valence-corrected chi connectivity index (χ1v) is 8.33.